The van der Waals surface area contributed by atoms with Gasteiger partial charge in [0.1, 0.15) is 0 Å². The van der Waals surface area contributed by atoms with Crippen molar-refractivity contribution in [1.29, 1.82) is 0 Å². The van der Waals surface area contributed by atoms with Gasteiger partial charge in [0, 0.05) is 17.7 Å². The third-order valence-corrected chi connectivity index (χ3v) is 4.93. The molecule has 0 spiro atoms. The molecule has 0 heterocycles. The van der Waals surface area contributed by atoms with Crippen molar-refractivity contribution in [2.45, 2.75) is 32.1 Å². The van der Waals surface area contributed by atoms with E-state index in [1.807, 2.05) is 0 Å². The lowest BCUT2D eigenvalue weighted by atomic mass is 9.86. The van der Waals surface area contributed by atoms with E-state index in [9.17, 15) is 14.9 Å². The van der Waals surface area contributed by atoms with Crippen molar-refractivity contribution < 1.29 is 14.6 Å². The maximum Gasteiger partial charge on any atom is 0.335 e. The third-order valence-electron chi connectivity index (χ3n) is 4.93. The maximum absolute atomic E-state index is 11.9. The predicted molar refractivity (Wildman–Crippen MR) is 83.5 cm³/mol. The van der Waals surface area contributed by atoms with Crippen LogP contribution in [0.15, 0.2) is 29.4 Å². The van der Waals surface area contributed by atoms with Crippen LogP contribution in [0.2, 0.25) is 0 Å². The minimum absolute atomic E-state index is 0.0289. The minimum atomic E-state index is -0.494. The first-order valence-corrected chi connectivity index (χ1v) is 7.81. The van der Waals surface area contributed by atoms with Crippen LogP contribution in [0.1, 0.15) is 37.7 Å². The number of carbonyl (C=O) groups is 1. The molecule has 2 bridgehead atoms. The van der Waals surface area contributed by atoms with Gasteiger partial charge in [-0.25, -0.2) is 4.79 Å². The number of hydrogen-bond acceptors (Lipinski definition) is 5. The molecule has 23 heavy (non-hydrogen) atoms. The highest BCUT2D eigenvalue weighted by Gasteiger charge is 2.40. The molecule has 0 aliphatic heterocycles. The second-order valence-electron chi connectivity index (χ2n) is 6.38. The molecule has 0 radical (unpaired) electrons. The summed E-state index contributed by atoms with van der Waals surface area (Å²) in [6.45, 7) is 0. The summed E-state index contributed by atoms with van der Waals surface area (Å²) in [7, 11) is 0. The number of nitro benzene ring substituents is 1. The van der Waals surface area contributed by atoms with Gasteiger partial charge in [-0.3, -0.25) is 10.1 Å². The Labute approximate surface area is 133 Å². The lowest BCUT2D eigenvalue weighted by molar-refractivity contribution is -0.384. The Morgan fingerprint density at radius 1 is 1.30 bits per heavy atom. The first-order valence-electron chi connectivity index (χ1n) is 7.81. The summed E-state index contributed by atoms with van der Waals surface area (Å²) in [5.74, 6) is 1.51. The highest BCUT2D eigenvalue weighted by molar-refractivity contribution is 5.97. The fraction of sp³-hybridized carbons (Fsp3) is 0.500. The van der Waals surface area contributed by atoms with Crippen LogP contribution in [-0.4, -0.2) is 16.7 Å². The zero-order chi connectivity index (χ0) is 16.4. The standard InChI is InChI=1S/C16H19N3O4/c17-16(11-3-5-14(6-4-11)19(21)22)18-23-15(20)9-13-8-10-1-2-12(13)7-10/h3-6,10,12-13H,1-2,7-9H2,(H2,17,18)/t10-,12-,13-/m0/s1. The summed E-state index contributed by atoms with van der Waals surface area (Å²) < 4.78 is 0. The average Bonchev–Trinajstić information content (AvgIpc) is 3.15. The zero-order valence-corrected chi connectivity index (χ0v) is 12.7. The quantitative estimate of drug-likeness (QED) is 0.295. The topological polar surface area (TPSA) is 108 Å². The molecule has 2 fully saturated rings. The molecule has 0 amide bonds. The summed E-state index contributed by atoms with van der Waals surface area (Å²) >= 11 is 0. The van der Waals surface area contributed by atoms with Crippen LogP contribution in [0, 0.1) is 27.9 Å². The van der Waals surface area contributed by atoms with E-state index in [-0.39, 0.29) is 17.5 Å². The maximum atomic E-state index is 11.9. The lowest BCUT2D eigenvalue weighted by Crippen LogP contribution is -2.18. The summed E-state index contributed by atoms with van der Waals surface area (Å²) in [6.07, 6.45) is 5.25. The molecule has 122 valence electrons. The van der Waals surface area contributed by atoms with E-state index >= 15 is 0 Å². The Morgan fingerprint density at radius 3 is 2.61 bits per heavy atom. The Bertz CT molecular complexity index is 641. The van der Waals surface area contributed by atoms with Gasteiger partial charge < -0.3 is 10.6 Å². The van der Waals surface area contributed by atoms with Gasteiger partial charge in [-0.2, -0.15) is 0 Å². The number of fused-ring (bicyclic) bond motifs is 2. The summed E-state index contributed by atoms with van der Waals surface area (Å²) in [5.41, 5.74) is 6.18. The molecular weight excluding hydrogens is 298 g/mol. The van der Waals surface area contributed by atoms with Gasteiger partial charge in [0.25, 0.3) is 5.69 Å². The van der Waals surface area contributed by atoms with E-state index in [1.54, 1.807) is 0 Å². The van der Waals surface area contributed by atoms with Crippen LogP contribution >= 0.6 is 0 Å². The molecule has 0 saturated heterocycles. The zero-order valence-electron chi connectivity index (χ0n) is 12.7. The van der Waals surface area contributed by atoms with Gasteiger partial charge in [0.2, 0.25) is 0 Å². The van der Waals surface area contributed by atoms with Crippen molar-refractivity contribution in [2.75, 3.05) is 0 Å². The molecule has 1 aromatic rings. The van der Waals surface area contributed by atoms with E-state index in [2.05, 4.69) is 5.16 Å². The van der Waals surface area contributed by atoms with E-state index in [0.717, 1.165) is 12.3 Å². The Morgan fingerprint density at radius 2 is 2.04 bits per heavy atom. The van der Waals surface area contributed by atoms with Crippen molar-refractivity contribution >= 4 is 17.5 Å². The van der Waals surface area contributed by atoms with Crippen LogP contribution in [0.5, 0.6) is 0 Å². The Balaban J connectivity index is 1.54. The Kier molecular flexibility index (Phi) is 4.27. The molecule has 2 aliphatic carbocycles. The number of nitro groups is 1. The Hall–Kier alpha value is -2.44. The van der Waals surface area contributed by atoms with Crippen molar-refractivity contribution in [1.82, 2.24) is 0 Å². The molecule has 3 rings (SSSR count). The number of carbonyl (C=O) groups excluding carboxylic acids is 1. The molecule has 2 aliphatic rings. The number of nitrogens with two attached hydrogens (primary N) is 1. The highest BCUT2D eigenvalue weighted by atomic mass is 16.7. The fourth-order valence-corrected chi connectivity index (χ4v) is 3.78. The van der Waals surface area contributed by atoms with E-state index < -0.39 is 4.92 Å². The van der Waals surface area contributed by atoms with Crippen molar-refractivity contribution in [3.8, 4) is 0 Å². The van der Waals surface area contributed by atoms with Crippen molar-refractivity contribution in [3.05, 3.63) is 39.9 Å². The molecule has 2 N–H and O–H groups in total. The van der Waals surface area contributed by atoms with E-state index in [4.69, 9.17) is 10.6 Å². The average molecular weight is 317 g/mol. The molecule has 2 saturated carbocycles. The van der Waals surface area contributed by atoms with Crippen LogP contribution in [0.3, 0.4) is 0 Å². The number of benzene rings is 1. The number of amidine groups is 1. The number of oxime groups is 1. The summed E-state index contributed by atoms with van der Waals surface area (Å²) in [5, 5.41) is 14.2. The van der Waals surface area contributed by atoms with Gasteiger partial charge in [-0.05, 0) is 49.1 Å². The van der Waals surface area contributed by atoms with Gasteiger partial charge in [-0.15, -0.1) is 0 Å². The predicted octanol–water partition coefficient (Wildman–Crippen LogP) is 2.58. The monoisotopic (exact) mass is 317 g/mol. The molecule has 1 aromatic carbocycles. The summed E-state index contributed by atoms with van der Waals surface area (Å²) in [4.78, 5) is 26.9. The van der Waals surface area contributed by atoms with Gasteiger partial charge in [0.15, 0.2) is 5.84 Å². The van der Waals surface area contributed by atoms with Crippen LogP contribution < -0.4 is 5.73 Å². The van der Waals surface area contributed by atoms with Crippen molar-refractivity contribution in [2.24, 2.45) is 28.6 Å². The molecule has 7 nitrogen and oxygen atoms in total. The van der Waals surface area contributed by atoms with Crippen LogP contribution in [0.4, 0.5) is 5.69 Å². The van der Waals surface area contributed by atoms with E-state index in [1.165, 1.54) is 43.5 Å². The summed E-state index contributed by atoms with van der Waals surface area (Å²) in [6, 6.07) is 5.60. The molecule has 7 heteroatoms. The SMILES string of the molecule is N/C(=N/OC(=O)C[C@@H]1C[C@H]2CC[C@H]1C2)c1ccc([N+](=O)[O-])cc1. The molecule has 3 atom stereocenters. The molecule has 0 unspecified atom stereocenters. The largest absolute Gasteiger partial charge is 0.380 e. The van der Waals surface area contributed by atoms with Gasteiger partial charge >= 0.3 is 5.97 Å². The highest BCUT2D eigenvalue weighted by Crippen LogP contribution is 2.49. The fourth-order valence-electron chi connectivity index (χ4n) is 3.78. The van der Waals surface area contributed by atoms with Gasteiger partial charge in [0.05, 0.1) is 11.3 Å². The second kappa shape index (κ2) is 6.36. The van der Waals surface area contributed by atoms with Gasteiger partial charge in [-0.1, -0.05) is 11.6 Å². The number of nitrogens with zero attached hydrogens (tertiary/aromatic N) is 2. The second-order valence-corrected chi connectivity index (χ2v) is 6.38. The smallest absolute Gasteiger partial charge is 0.335 e. The number of hydrogen-bond donors (Lipinski definition) is 1. The van der Waals surface area contributed by atoms with Crippen LogP contribution in [0.25, 0.3) is 0 Å². The molecule has 0 aromatic heterocycles. The minimum Gasteiger partial charge on any atom is -0.380 e. The number of non-ortho nitro benzene ring substituents is 1. The normalized spacial score (nSPS) is 26.3. The number of rotatable bonds is 5. The third kappa shape index (κ3) is 3.49. The van der Waals surface area contributed by atoms with Crippen molar-refractivity contribution in [3.63, 3.8) is 0 Å². The first kappa shape index (κ1) is 15.5. The molecular formula is C16H19N3O4. The van der Waals surface area contributed by atoms with Crippen LogP contribution in [-0.2, 0) is 9.63 Å². The first-order chi connectivity index (χ1) is 11.0. The lowest BCUT2D eigenvalue weighted by Gasteiger charge is -2.19. The van der Waals surface area contributed by atoms with E-state index in [0.29, 0.717) is 23.8 Å².